The van der Waals surface area contributed by atoms with Crippen molar-refractivity contribution in [3.05, 3.63) is 63.6 Å². The van der Waals surface area contributed by atoms with E-state index in [1.54, 1.807) is 11.3 Å². The predicted octanol–water partition coefficient (Wildman–Crippen LogP) is 2.83. The molecule has 0 fully saturated rings. The molecule has 0 radical (unpaired) electrons. The maximum atomic E-state index is 5.75. The zero-order chi connectivity index (χ0) is 17.9. The fourth-order valence-electron chi connectivity index (χ4n) is 2.71. The van der Waals surface area contributed by atoms with Crippen molar-refractivity contribution in [2.75, 3.05) is 0 Å². The lowest BCUT2D eigenvalue weighted by Crippen LogP contribution is -2.31. The minimum absolute atomic E-state index is 0.0595. The number of thiophene rings is 1. The lowest BCUT2D eigenvalue weighted by molar-refractivity contribution is 0.325. The van der Waals surface area contributed by atoms with Crippen LogP contribution in [0.4, 0.5) is 0 Å². The van der Waals surface area contributed by atoms with Crippen molar-refractivity contribution in [2.24, 2.45) is 5.73 Å². The number of rotatable bonds is 6. The zero-order valence-electron chi connectivity index (χ0n) is 14.8. The summed E-state index contributed by atoms with van der Waals surface area (Å²) in [5.41, 5.74) is 7.89. The summed E-state index contributed by atoms with van der Waals surface area (Å²) >= 11 is 1.70. The van der Waals surface area contributed by atoms with E-state index in [1.165, 1.54) is 10.4 Å². The number of nitrogens with one attached hydrogen (secondary N) is 1. The molecule has 0 aliphatic heterocycles. The molecule has 0 saturated heterocycles. The summed E-state index contributed by atoms with van der Waals surface area (Å²) < 4.78 is 1.89. The molecule has 0 aliphatic rings. The van der Waals surface area contributed by atoms with Crippen molar-refractivity contribution in [1.82, 2.24) is 25.5 Å². The van der Waals surface area contributed by atoms with E-state index in [1.807, 2.05) is 16.8 Å². The van der Waals surface area contributed by atoms with E-state index in [2.05, 4.69) is 71.3 Å². The summed E-state index contributed by atoms with van der Waals surface area (Å²) in [6, 6.07) is 12.4. The van der Waals surface area contributed by atoms with Gasteiger partial charge in [0.25, 0.3) is 0 Å². The first-order valence-corrected chi connectivity index (χ1v) is 9.20. The fraction of sp³-hybridized carbons (Fsp3) is 0.389. The summed E-state index contributed by atoms with van der Waals surface area (Å²) in [4.78, 5) is 1.19. The van der Waals surface area contributed by atoms with Gasteiger partial charge >= 0.3 is 0 Å². The van der Waals surface area contributed by atoms with Crippen molar-refractivity contribution in [2.45, 2.75) is 45.4 Å². The van der Waals surface area contributed by atoms with Gasteiger partial charge in [-0.15, -0.1) is 16.4 Å². The molecule has 0 aliphatic carbocycles. The van der Waals surface area contributed by atoms with Crippen LogP contribution in [0.25, 0.3) is 0 Å². The molecular weight excluding hydrogens is 332 g/mol. The molecule has 0 bridgehead atoms. The van der Waals surface area contributed by atoms with E-state index in [0.717, 1.165) is 11.4 Å². The monoisotopic (exact) mass is 356 g/mol. The predicted molar refractivity (Wildman–Crippen MR) is 100 cm³/mol. The molecule has 6 nitrogen and oxygen atoms in total. The van der Waals surface area contributed by atoms with E-state index >= 15 is 0 Å². The van der Waals surface area contributed by atoms with Crippen LogP contribution in [0.15, 0.2) is 41.8 Å². The van der Waals surface area contributed by atoms with E-state index in [-0.39, 0.29) is 11.6 Å². The highest BCUT2D eigenvalue weighted by atomic mass is 32.1. The van der Waals surface area contributed by atoms with Crippen molar-refractivity contribution in [3.63, 3.8) is 0 Å². The average molecular weight is 356 g/mol. The Balaban J connectivity index is 1.88. The molecular formula is C18H24N6S. The molecule has 2 heterocycles. The number of nitrogens with two attached hydrogens (primary N) is 1. The van der Waals surface area contributed by atoms with Gasteiger partial charge in [0.1, 0.15) is 6.04 Å². The van der Waals surface area contributed by atoms with Crippen LogP contribution in [0.1, 0.15) is 48.6 Å². The van der Waals surface area contributed by atoms with Gasteiger partial charge in [-0.1, -0.05) is 30.3 Å². The molecule has 1 atom stereocenters. The second-order valence-electron chi connectivity index (χ2n) is 6.97. The van der Waals surface area contributed by atoms with Gasteiger partial charge in [-0.25, -0.2) is 4.68 Å². The van der Waals surface area contributed by atoms with Crippen LogP contribution in [-0.2, 0) is 18.6 Å². The Morgan fingerprint density at radius 3 is 2.68 bits per heavy atom. The fourth-order valence-corrected chi connectivity index (χ4v) is 3.51. The van der Waals surface area contributed by atoms with Gasteiger partial charge in [-0.05, 0) is 53.8 Å². The normalized spacial score (nSPS) is 13.1. The molecule has 2 aromatic heterocycles. The van der Waals surface area contributed by atoms with Gasteiger partial charge < -0.3 is 5.73 Å². The quantitative estimate of drug-likeness (QED) is 0.710. The maximum absolute atomic E-state index is 5.75. The topological polar surface area (TPSA) is 81.7 Å². The SMILES string of the molecule is CC(C)(C)n1nnnc1C(NCc1cccc(CN)c1)c1cccs1. The van der Waals surface area contributed by atoms with Gasteiger partial charge in [0.15, 0.2) is 5.82 Å². The second-order valence-corrected chi connectivity index (χ2v) is 7.95. The van der Waals surface area contributed by atoms with Gasteiger partial charge in [-0.3, -0.25) is 5.32 Å². The van der Waals surface area contributed by atoms with Crippen LogP contribution in [0.3, 0.4) is 0 Å². The smallest absolute Gasteiger partial charge is 0.174 e. The summed E-state index contributed by atoms with van der Waals surface area (Å²) in [6.07, 6.45) is 0. The first-order valence-electron chi connectivity index (χ1n) is 8.32. The Hall–Kier alpha value is -2.09. The van der Waals surface area contributed by atoms with Gasteiger partial charge in [-0.2, -0.15) is 0 Å². The molecule has 0 spiro atoms. The highest BCUT2D eigenvalue weighted by Gasteiger charge is 2.27. The molecule has 132 valence electrons. The Labute approximate surface area is 152 Å². The molecule has 3 aromatic rings. The van der Waals surface area contributed by atoms with Crippen molar-refractivity contribution in [1.29, 1.82) is 0 Å². The lowest BCUT2D eigenvalue weighted by Gasteiger charge is -2.24. The summed E-state index contributed by atoms with van der Waals surface area (Å²) in [7, 11) is 0. The number of benzene rings is 1. The van der Waals surface area contributed by atoms with Crippen molar-refractivity contribution >= 4 is 11.3 Å². The summed E-state index contributed by atoms with van der Waals surface area (Å²) in [6.45, 7) is 7.56. The maximum Gasteiger partial charge on any atom is 0.174 e. The number of aromatic nitrogens is 4. The van der Waals surface area contributed by atoms with Gasteiger partial charge in [0.05, 0.1) is 5.54 Å². The van der Waals surface area contributed by atoms with Crippen molar-refractivity contribution < 1.29 is 0 Å². The first kappa shape index (κ1) is 17.7. The summed E-state index contributed by atoms with van der Waals surface area (Å²) in [5.74, 6) is 0.824. The van der Waals surface area contributed by atoms with Gasteiger partial charge in [0, 0.05) is 18.0 Å². The molecule has 3 rings (SSSR count). The Bertz CT molecular complexity index is 803. The molecule has 3 N–H and O–H groups in total. The number of tetrazole rings is 1. The van der Waals surface area contributed by atoms with Crippen LogP contribution in [0, 0.1) is 0 Å². The van der Waals surface area contributed by atoms with E-state index < -0.39 is 0 Å². The van der Waals surface area contributed by atoms with E-state index in [0.29, 0.717) is 13.1 Å². The molecule has 7 heteroatoms. The third-order valence-electron chi connectivity index (χ3n) is 3.95. The highest BCUT2D eigenvalue weighted by Crippen LogP contribution is 2.27. The Morgan fingerprint density at radius 2 is 2.00 bits per heavy atom. The van der Waals surface area contributed by atoms with Crippen LogP contribution < -0.4 is 11.1 Å². The Morgan fingerprint density at radius 1 is 1.20 bits per heavy atom. The van der Waals surface area contributed by atoms with Crippen LogP contribution in [-0.4, -0.2) is 20.2 Å². The van der Waals surface area contributed by atoms with E-state index in [4.69, 9.17) is 5.73 Å². The highest BCUT2D eigenvalue weighted by molar-refractivity contribution is 7.10. The molecule has 1 unspecified atom stereocenters. The third kappa shape index (κ3) is 4.12. The first-order chi connectivity index (χ1) is 12.0. The largest absolute Gasteiger partial charge is 0.326 e. The van der Waals surface area contributed by atoms with E-state index in [9.17, 15) is 0 Å². The lowest BCUT2D eigenvalue weighted by atomic mass is 10.1. The zero-order valence-corrected chi connectivity index (χ0v) is 15.6. The minimum atomic E-state index is -0.185. The number of hydrogen-bond donors (Lipinski definition) is 2. The average Bonchev–Trinajstić information content (AvgIpc) is 3.27. The van der Waals surface area contributed by atoms with Crippen LogP contribution in [0.5, 0.6) is 0 Å². The standard InChI is InChI=1S/C18H24N6S/c1-18(2,3)24-17(21-22-23-24)16(15-8-5-9-25-15)20-12-14-7-4-6-13(10-14)11-19/h4-10,16,20H,11-12,19H2,1-3H3. The second kappa shape index (κ2) is 7.43. The Kier molecular flexibility index (Phi) is 5.27. The minimum Gasteiger partial charge on any atom is -0.326 e. The number of hydrogen-bond acceptors (Lipinski definition) is 6. The summed E-state index contributed by atoms with van der Waals surface area (Å²) in [5, 5.41) is 18.1. The van der Waals surface area contributed by atoms with Crippen LogP contribution in [0.2, 0.25) is 0 Å². The third-order valence-corrected chi connectivity index (χ3v) is 4.89. The van der Waals surface area contributed by atoms with Crippen LogP contribution >= 0.6 is 11.3 Å². The molecule has 25 heavy (non-hydrogen) atoms. The molecule has 1 aromatic carbocycles. The number of nitrogens with zero attached hydrogens (tertiary/aromatic N) is 4. The molecule has 0 amide bonds. The molecule has 0 saturated carbocycles. The van der Waals surface area contributed by atoms with Gasteiger partial charge in [0.2, 0.25) is 0 Å². The van der Waals surface area contributed by atoms with Crippen molar-refractivity contribution in [3.8, 4) is 0 Å².